The number of alkyl halides is 1. The first-order valence-electron chi connectivity index (χ1n) is 6.18. The molecule has 0 spiro atoms. The highest BCUT2D eigenvalue weighted by Gasteiger charge is 2.10. The lowest BCUT2D eigenvalue weighted by Gasteiger charge is -2.14. The summed E-state index contributed by atoms with van der Waals surface area (Å²) in [5.41, 5.74) is 1.85. The van der Waals surface area contributed by atoms with Crippen molar-refractivity contribution in [3.63, 3.8) is 0 Å². The molecule has 18 heavy (non-hydrogen) atoms. The van der Waals surface area contributed by atoms with Crippen LogP contribution in [0.3, 0.4) is 0 Å². The summed E-state index contributed by atoms with van der Waals surface area (Å²) in [6.07, 6.45) is 2.18. The normalized spacial score (nSPS) is 12.2. The van der Waals surface area contributed by atoms with Crippen LogP contribution in [0.25, 0.3) is 0 Å². The van der Waals surface area contributed by atoms with Crippen molar-refractivity contribution in [2.24, 2.45) is 5.92 Å². The Labute approximate surface area is 126 Å². The fourth-order valence-electron chi connectivity index (χ4n) is 1.68. The molecule has 0 fully saturated rings. The second-order valence-corrected chi connectivity index (χ2v) is 6.07. The number of carbonyl (C=O) groups excluding carboxylic acids is 1. The molecule has 1 N–H and O–H groups in total. The molecule has 1 aromatic rings. The van der Waals surface area contributed by atoms with Crippen molar-refractivity contribution in [2.75, 3.05) is 11.9 Å². The molecule has 2 nitrogen and oxygen atoms in total. The highest BCUT2D eigenvalue weighted by molar-refractivity contribution is 9.10. The van der Waals surface area contributed by atoms with E-state index in [0.29, 0.717) is 11.5 Å². The molecule has 0 aliphatic carbocycles. The van der Waals surface area contributed by atoms with Gasteiger partial charge in [-0.3, -0.25) is 4.79 Å². The summed E-state index contributed by atoms with van der Waals surface area (Å²) >= 11 is 6.89. The topological polar surface area (TPSA) is 29.1 Å². The van der Waals surface area contributed by atoms with Crippen molar-refractivity contribution in [3.05, 3.63) is 33.8 Å². The standard InChI is InChI=1S/C14H19Br2NO/c1-3-11(6-7-15)9-17-14(18)12-5-4-10(2)13(16)8-12/h4-5,8,11H,3,6-7,9H2,1-2H3,(H,17,18). The summed E-state index contributed by atoms with van der Waals surface area (Å²) in [7, 11) is 0. The molecule has 1 atom stereocenters. The second kappa shape index (κ2) is 7.95. The highest BCUT2D eigenvalue weighted by Crippen LogP contribution is 2.17. The van der Waals surface area contributed by atoms with Gasteiger partial charge >= 0.3 is 0 Å². The lowest BCUT2D eigenvalue weighted by atomic mass is 10.0. The Morgan fingerprint density at radius 2 is 2.17 bits per heavy atom. The number of amides is 1. The van der Waals surface area contributed by atoms with E-state index in [4.69, 9.17) is 0 Å². The lowest BCUT2D eigenvalue weighted by Crippen LogP contribution is -2.29. The molecule has 1 unspecified atom stereocenters. The van der Waals surface area contributed by atoms with Crippen LogP contribution >= 0.6 is 31.9 Å². The molecule has 0 bridgehead atoms. The van der Waals surface area contributed by atoms with Crippen LogP contribution in [0.4, 0.5) is 0 Å². The van der Waals surface area contributed by atoms with Gasteiger partial charge in [0.15, 0.2) is 0 Å². The van der Waals surface area contributed by atoms with Crippen LogP contribution in [0.5, 0.6) is 0 Å². The van der Waals surface area contributed by atoms with Gasteiger partial charge in [0.1, 0.15) is 0 Å². The smallest absolute Gasteiger partial charge is 0.251 e. The predicted octanol–water partition coefficient (Wildman–Crippen LogP) is 4.30. The van der Waals surface area contributed by atoms with Gasteiger partial charge in [-0.1, -0.05) is 51.3 Å². The van der Waals surface area contributed by atoms with Gasteiger partial charge in [-0.15, -0.1) is 0 Å². The van der Waals surface area contributed by atoms with Gasteiger partial charge < -0.3 is 5.32 Å². The van der Waals surface area contributed by atoms with Gasteiger partial charge in [0.25, 0.3) is 5.91 Å². The van der Waals surface area contributed by atoms with Crippen LogP contribution in [0.2, 0.25) is 0 Å². The van der Waals surface area contributed by atoms with Crippen LogP contribution in [-0.4, -0.2) is 17.8 Å². The molecule has 0 heterocycles. The average Bonchev–Trinajstić information content (AvgIpc) is 2.37. The molecular weight excluding hydrogens is 358 g/mol. The zero-order valence-corrected chi connectivity index (χ0v) is 14.0. The number of halogens is 2. The van der Waals surface area contributed by atoms with E-state index in [-0.39, 0.29) is 5.91 Å². The first-order valence-corrected chi connectivity index (χ1v) is 8.10. The minimum atomic E-state index is 0.00345. The lowest BCUT2D eigenvalue weighted by molar-refractivity contribution is 0.0946. The molecule has 4 heteroatoms. The molecule has 1 rings (SSSR count). The Hall–Kier alpha value is -0.350. The highest BCUT2D eigenvalue weighted by atomic mass is 79.9. The maximum Gasteiger partial charge on any atom is 0.251 e. The molecule has 1 amide bonds. The number of hydrogen-bond acceptors (Lipinski definition) is 1. The molecule has 1 aromatic carbocycles. The summed E-state index contributed by atoms with van der Waals surface area (Å²) in [5.74, 6) is 0.547. The van der Waals surface area contributed by atoms with Gasteiger partial charge in [0.05, 0.1) is 0 Å². The molecule has 0 aliphatic rings. The van der Waals surface area contributed by atoms with E-state index >= 15 is 0 Å². The number of benzene rings is 1. The summed E-state index contributed by atoms with van der Waals surface area (Å²) in [5, 5.41) is 3.98. The van der Waals surface area contributed by atoms with Crippen LogP contribution in [0.15, 0.2) is 22.7 Å². The third-order valence-electron chi connectivity index (χ3n) is 3.08. The van der Waals surface area contributed by atoms with Crippen LogP contribution in [0, 0.1) is 12.8 Å². The Morgan fingerprint density at radius 1 is 1.44 bits per heavy atom. The first-order chi connectivity index (χ1) is 8.58. The van der Waals surface area contributed by atoms with Gasteiger partial charge in [-0.25, -0.2) is 0 Å². The maximum absolute atomic E-state index is 12.0. The maximum atomic E-state index is 12.0. The summed E-state index contributed by atoms with van der Waals surface area (Å²) < 4.78 is 0.975. The minimum Gasteiger partial charge on any atom is -0.352 e. The van der Waals surface area contributed by atoms with Gasteiger partial charge in [0.2, 0.25) is 0 Å². The number of aryl methyl sites for hydroxylation is 1. The Kier molecular flexibility index (Phi) is 6.94. The third-order valence-corrected chi connectivity index (χ3v) is 4.39. The molecule has 0 aromatic heterocycles. The van der Waals surface area contributed by atoms with Crippen molar-refractivity contribution in [2.45, 2.75) is 26.7 Å². The predicted molar refractivity (Wildman–Crippen MR) is 83.4 cm³/mol. The number of nitrogens with one attached hydrogen (secondary N) is 1. The number of hydrogen-bond donors (Lipinski definition) is 1. The fourth-order valence-corrected chi connectivity index (χ4v) is 2.70. The Morgan fingerprint density at radius 3 is 2.72 bits per heavy atom. The monoisotopic (exact) mass is 375 g/mol. The van der Waals surface area contributed by atoms with E-state index < -0.39 is 0 Å². The second-order valence-electron chi connectivity index (χ2n) is 4.43. The van der Waals surface area contributed by atoms with E-state index in [9.17, 15) is 4.79 Å². The quantitative estimate of drug-likeness (QED) is 0.737. The molecule has 0 radical (unpaired) electrons. The first kappa shape index (κ1) is 15.7. The van der Waals surface area contributed by atoms with Crippen molar-refractivity contribution in [1.29, 1.82) is 0 Å². The minimum absolute atomic E-state index is 0.00345. The van der Waals surface area contributed by atoms with Crippen LogP contribution in [-0.2, 0) is 0 Å². The Bertz CT molecular complexity index is 407. The van der Waals surface area contributed by atoms with Gasteiger partial charge in [-0.05, 0) is 37.0 Å². The van der Waals surface area contributed by atoms with E-state index in [0.717, 1.165) is 34.8 Å². The van der Waals surface area contributed by atoms with E-state index in [1.807, 2.05) is 25.1 Å². The van der Waals surface area contributed by atoms with E-state index in [1.165, 1.54) is 0 Å². The average molecular weight is 377 g/mol. The molecule has 0 saturated carbocycles. The molecule has 0 saturated heterocycles. The van der Waals surface area contributed by atoms with E-state index in [1.54, 1.807) is 0 Å². The zero-order valence-electron chi connectivity index (χ0n) is 10.8. The Balaban J connectivity index is 2.57. The third kappa shape index (κ3) is 4.73. The van der Waals surface area contributed by atoms with Gasteiger partial charge in [-0.2, -0.15) is 0 Å². The molecule has 100 valence electrons. The molecule has 0 aliphatic heterocycles. The summed E-state index contributed by atoms with van der Waals surface area (Å²) in [6, 6.07) is 5.69. The van der Waals surface area contributed by atoms with Crippen molar-refractivity contribution >= 4 is 37.8 Å². The van der Waals surface area contributed by atoms with Crippen molar-refractivity contribution in [1.82, 2.24) is 5.32 Å². The van der Waals surface area contributed by atoms with Crippen LogP contribution in [0.1, 0.15) is 35.7 Å². The SMILES string of the molecule is CCC(CCBr)CNC(=O)c1ccc(C)c(Br)c1. The van der Waals surface area contributed by atoms with Gasteiger partial charge in [0, 0.05) is 21.9 Å². The summed E-state index contributed by atoms with van der Waals surface area (Å²) in [4.78, 5) is 12.0. The largest absolute Gasteiger partial charge is 0.352 e. The number of rotatable bonds is 6. The van der Waals surface area contributed by atoms with E-state index in [2.05, 4.69) is 44.1 Å². The van der Waals surface area contributed by atoms with Crippen molar-refractivity contribution < 1.29 is 4.79 Å². The van der Waals surface area contributed by atoms with Crippen molar-refractivity contribution in [3.8, 4) is 0 Å². The summed E-state index contributed by atoms with van der Waals surface area (Å²) in [6.45, 7) is 4.91. The molecular formula is C14H19Br2NO. The number of carbonyl (C=O) groups is 1. The zero-order chi connectivity index (χ0) is 13.5. The van der Waals surface area contributed by atoms with Crippen LogP contribution < -0.4 is 5.32 Å². The fraction of sp³-hybridized carbons (Fsp3) is 0.500.